The lowest BCUT2D eigenvalue weighted by molar-refractivity contribution is 0.0589. The molecule has 0 aliphatic rings. The van der Waals surface area contributed by atoms with Gasteiger partial charge in [0.25, 0.3) is 0 Å². The van der Waals surface area contributed by atoms with E-state index in [1.54, 1.807) is 0 Å². The molecule has 1 atom stereocenters. The van der Waals surface area contributed by atoms with Gasteiger partial charge in [-0.1, -0.05) is 18.2 Å². The van der Waals surface area contributed by atoms with E-state index in [4.69, 9.17) is 10.5 Å². The minimum absolute atomic E-state index is 0.136. The second kappa shape index (κ2) is 5.13. The van der Waals surface area contributed by atoms with Gasteiger partial charge < -0.3 is 10.5 Å². The Bertz CT molecular complexity index is 296. The van der Waals surface area contributed by atoms with Gasteiger partial charge >= 0.3 is 0 Å². The van der Waals surface area contributed by atoms with E-state index >= 15 is 0 Å². The highest BCUT2D eigenvalue weighted by Crippen LogP contribution is 2.11. The zero-order chi connectivity index (χ0) is 10.6. The summed E-state index contributed by atoms with van der Waals surface area (Å²) in [5, 5.41) is 0. The summed E-state index contributed by atoms with van der Waals surface area (Å²) in [6, 6.07) is 6.39. The summed E-state index contributed by atoms with van der Waals surface area (Å²) in [4.78, 5) is 0. The summed E-state index contributed by atoms with van der Waals surface area (Å²) in [5.74, 6) is 0. The predicted octanol–water partition coefficient (Wildman–Crippen LogP) is 2.17. The summed E-state index contributed by atoms with van der Waals surface area (Å²) in [5.41, 5.74) is 9.31. The van der Waals surface area contributed by atoms with E-state index in [2.05, 4.69) is 32.0 Å². The molecule has 14 heavy (non-hydrogen) atoms. The lowest BCUT2D eigenvalue weighted by Gasteiger charge is -2.11. The fourth-order valence-electron chi connectivity index (χ4n) is 1.20. The maximum Gasteiger partial charge on any atom is 0.0721 e. The molecule has 0 aliphatic heterocycles. The average molecular weight is 193 g/mol. The molecular weight excluding hydrogens is 174 g/mol. The van der Waals surface area contributed by atoms with Gasteiger partial charge in [-0.05, 0) is 37.5 Å². The number of ether oxygens (including phenoxy) is 1. The van der Waals surface area contributed by atoms with Crippen molar-refractivity contribution < 1.29 is 4.74 Å². The average Bonchev–Trinajstić information content (AvgIpc) is 2.19. The van der Waals surface area contributed by atoms with E-state index in [9.17, 15) is 0 Å². The third kappa shape index (κ3) is 3.13. The monoisotopic (exact) mass is 193 g/mol. The molecule has 2 nitrogen and oxygen atoms in total. The molecule has 0 heterocycles. The van der Waals surface area contributed by atoms with E-state index < -0.39 is 0 Å². The first kappa shape index (κ1) is 11.2. The molecule has 0 fully saturated rings. The van der Waals surface area contributed by atoms with Gasteiger partial charge in [0.15, 0.2) is 0 Å². The number of rotatable bonds is 4. The molecule has 0 spiro atoms. The van der Waals surface area contributed by atoms with Crippen molar-refractivity contribution in [2.75, 3.05) is 6.54 Å². The minimum atomic E-state index is 0.136. The topological polar surface area (TPSA) is 35.2 Å². The fraction of sp³-hybridized carbons (Fsp3) is 0.500. The number of hydrogen-bond donors (Lipinski definition) is 1. The lowest BCUT2D eigenvalue weighted by atomic mass is 10.1. The third-order valence-corrected chi connectivity index (χ3v) is 2.44. The summed E-state index contributed by atoms with van der Waals surface area (Å²) >= 11 is 0. The van der Waals surface area contributed by atoms with E-state index in [-0.39, 0.29) is 6.10 Å². The molecule has 0 saturated carbocycles. The second-order valence-corrected chi connectivity index (χ2v) is 3.78. The van der Waals surface area contributed by atoms with Gasteiger partial charge in [-0.3, -0.25) is 0 Å². The standard InChI is InChI=1S/C12H19NO/c1-9-4-5-12(6-10(9)2)8-14-11(3)7-13/h4-6,11H,7-8,13H2,1-3H3. The zero-order valence-electron chi connectivity index (χ0n) is 9.21. The van der Waals surface area contributed by atoms with E-state index in [1.165, 1.54) is 16.7 Å². The highest BCUT2D eigenvalue weighted by atomic mass is 16.5. The van der Waals surface area contributed by atoms with Crippen molar-refractivity contribution in [3.63, 3.8) is 0 Å². The van der Waals surface area contributed by atoms with Crippen molar-refractivity contribution in [1.29, 1.82) is 0 Å². The molecule has 0 amide bonds. The Kier molecular flexibility index (Phi) is 4.11. The van der Waals surface area contributed by atoms with Gasteiger partial charge in [0, 0.05) is 6.54 Å². The van der Waals surface area contributed by atoms with Crippen LogP contribution < -0.4 is 5.73 Å². The largest absolute Gasteiger partial charge is 0.373 e. The SMILES string of the molecule is Cc1ccc(COC(C)CN)cc1C. The first-order chi connectivity index (χ1) is 6.63. The molecule has 0 aromatic heterocycles. The summed E-state index contributed by atoms with van der Waals surface area (Å²) in [6.45, 7) is 7.44. The van der Waals surface area contributed by atoms with Crippen LogP contribution in [0.2, 0.25) is 0 Å². The van der Waals surface area contributed by atoms with Crippen LogP contribution in [0, 0.1) is 13.8 Å². The third-order valence-electron chi connectivity index (χ3n) is 2.44. The molecule has 1 aromatic rings. The summed E-state index contributed by atoms with van der Waals surface area (Å²) in [7, 11) is 0. The van der Waals surface area contributed by atoms with Gasteiger partial charge in [-0.15, -0.1) is 0 Å². The van der Waals surface area contributed by atoms with Gasteiger partial charge in [0.2, 0.25) is 0 Å². The Hall–Kier alpha value is -0.860. The maximum atomic E-state index is 5.55. The van der Waals surface area contributed by atoms with Crippen LogP contribution in [0.5, 0.6) is 0 Å². The van der Waals surface area contributed by atoms with Crippen LogP contribution in [0.1, 0.15) is 23.6 Å². The highest BCUT2D eigenvalue weighted by Gasteiger charge is 2.00. The van der Waals surface area contributed by atoms with Crippen LogP contribution in [0.4, 0.5) is 0 Å². The van der Waals surface area contributed by atoms with Crippen molar-refractivity contribution in [1.82, 2.24) is 0 Å². The van der Waals surface area contributed by atoms with Crippen LogP contribution in [0.25, 0.3) is 0 Å². The first-order valence-electron chi connectivity index (χ1n) is 5.01. The molecule has 0 bridgehead atoms. The normalized spacial score (nSPS) is 12.9. The Balaban J connectivity index is 2.55. The molecule has 2 heteroatoms. The molecule has 2 N–H and O–H groups in total. The van der Waals surface area contributed by atoms with Crippen molar-refractivity contribution in [3.8, 4) is 0 Å². The maximum absolute atomic E-state index is 5.55. The molecule has 1 unspecified atom stereocenters. The number of hydrogen-bond acceptors (Lipinski definition) is 2. The smallest absolute Gasteiger partial charge is 0.0721 e. The van der Waals surface area contributed by atoms with E-state index in [1.807, 2.05) is 6.92 Å². The summed E-state index contributed by atoms with van der Waals surface area (Å²) in [6.07, 6.45) is 0.136. The molecular formula is C12H19NO. The Morgan fingerprint density at radius 3 is 2.57 bits per heavy atom. The summed E-state index contributed by atoms with van der Waals surface area (Å²) < 4.78 is 5.55. The van der Waals surface area contributed by atoms with Crippen LogP contribution in [0.15, 0.2) is 18.2 Å². The van der Waals surface area contributed by atoms with Crippen LogP contribution in [-0.2, 0) is 11.3 Å². The molecule has 78 valence electrons. The van der Waals surface area contributed by atoms with Crippen molar-refractivity contribution >= 4 is 0 Å². The minimum Gasteiger partial charge on any atom is -0.373 e. The van der Waals surface area contributed by atoms with Gasteiger partial charge in [-0.2, -0.15) is 0 Å². The zero-order valence-corrected chi connectivity index (χ0v) is 9.21. The number of nitrogens with two attached hydrogens (primary N) is 1. The second-order valence-electron chi connectivity index (χ2n) is 3.78. The Morgan fingerprint density at radius 2 is 2.00 bits per heavy atom. The van der Waals surface area contributed by atoms with Crippen LogP contribution in [0.3, 0.4) is 0 Å². The quantitative estimate of drug-likeness (QED) is 0.795. The predicted molar refractivity (Wildman–Crippen MR) is 59.2 cm³/mol. The van der Waals surface area contributed by atoms with Crippen molar-refractivity contribution in [2.45, 2.75) is 33.5 Å². The van der Waals surface area contributed by atoms with Crippen molar-refractivity contribution in [3.05, 3.63) is 34.9 Å². The van der Waals surface area contributed by atoms with E-state index in [0.29, 0.717) is 13.2 Å². The van der Waals surface area contributed by atoms with Crippen LogP contribution in [-0.4, -0.2) is 12.6 Å². The molecule has 1 aromatic carbocycles. The van der Waals surface area contributed by atoms with E-state index in [0.717, 1.165) is 0 Å². The van der Waals surface area contributed by atoms with Gasteiger partial charge in [0.05, 0.1) is 12.7 Å². The Labute approximate surface area is 86.1 Å². The van der Waals surface area contributed by atoms with Gasteiger partial charge in [0.1, 0.15) is 0 Å². The Morgan fingerprint density at radius 1 is 1.29 bits per heavy atom. The van der Waals surface area contributed by atoms with Crippen molar-refractivity contribution in [2.24, 2.45) is 5.73 Å². The number of benzene rings is 1. The fourth-order valence-corrected chi connectivity index (χ4v) is 1.20. The number of aryl methyl sites for hydroxylation is 2. The lowest BCUT2D eigenvalue weighted by Crippen LogP contribution is -2.19. The first-order valence-corrected chi connectivity index (χ1v) is 5.01. The molecule has 0 aliphatic carbocycles. The molecule has 0 saturated heterocycles. The van der Waals surface area contributed by atoms with Gasteiger partial charge in [-0.25, -0.2) is 0 Å². The molecule has 1 rings (SSSR count). The van der Waals surface area contributed by atoms with Crippen LogP contribution >= 0.6 is 0 Å². The molecule has 0 radical (unpaired) electrons. The highest BCUT2D eigenvalue weighted by molar-refractivity contribution is 5.29.